The van der Waals surface area contributed by atoms with Crippen molar-refractivity contribution in [1.29, 1.82) is 0 Å². The molecule has 0 aliphatic carbocycles. The Morgan fingerprint density at radius 1 is 1.47 bits per heavy atom. The molecule has 1 aromatic carbocycles. The van der Waals surface area contributed by atoms with E-state index in [2.05, 4.69) is 15.9 Å². The summed E-state index contributed by atoms with van der Waals surface area (Å²) in [5, 5.41) is 0. The molecule has 0 amide bonds. The van der Waals surface area contributed by atoms with Crippen molar-refractivity contribution in [1.82, 2.24) is 0 Å². The Morgan fingerprint density at radius 3 is 2.60 bits per heavy atom. The highest BCUT2D eigenvalue weighted by molar-refractivity contribution is 9.10. The van der Waals surface area contributed by atoms with E-state index in [1.807, 2.05) is 24.3 Å². The van der Waals surface area contributed by atoms with Crippen molar-refractivity contribution < 1.29 is 9.53 Å². The van der Waals surface area contributed by atoms with Gasteiger partial charge in [-0.3, -0.25) is 0 Å². The molecule has 15 heavy (non-hydrogen) atoms. The first-order valence-electron chi connectivity index (χ1n) is 4.53. The van der Waals surface area contributed by atoms with Crippen LogP contribution in [0.15, 0.2) is 34.8 Å². The molecule has 0 aliphatic heterocycles. The molecule has 1 aromatic rings. The summed E-state index contributed by atoms with van der Waals surface area (Å²) < 4.78 is 5.72. The van der Waals surface area contributed by atoms with E-state index in [0.29, 0.717) is 12.3 Å². The van der Waals surface area contributed by atoms with Crippen molar-refractivity contribution in [3.63, 3.8) is 0 Å². The maximum absolute atomic E-state index is 11.1. The lowest BCUT2D eigenvalue weighted by Crippen LogP contribution is -2.04. The number of benzene rings is 1. The van der Waals surface area contributed by atoms with Crippen molar-refractivity contribution in [3.8, 4) is 0 Å². The zero-order valence-corrected chi connectivity index (χ0v) is 9.95. The van der Waals surface area contributed by atoms with Gasteiger partial charge in [0, 0.05) is 16.2 Å². The van der Waals surface area contributed by atoms with Gasteiger partial charge in [-0.1, -0.05) is 28.1 Å². The molecule has 0 fully saturated rings. The fourth-order valence-electron chi connectivity index (χ4n) is 1.04. The Labute approximate surface area is 97.0 Å². The predicted octanol–water partition coefficient (Wildman–Crippen LogP) is 2.31. The van der Waals surface area contributed by atoms with Crippen LogP contribution in [0.1, 0.15) is 12.5 Å². The fraction of sp³-hybridized carbons (Fsp3) is 0.182. The quantitative estimate of drug-likeness (QED) is 0.677. The van der Waals surface area contributed by atoms with Crippen LogP contribution in [-0.2, 0) is 9.53 Å². The highest BCUT2D eigenvalue weighted by Gasteiger charge is 2.01. The van der Waals surface area contributed by atoms with Gasteiger partial charge in [0.05, 0.1) is 6.61 Å². The summed E-state index contributed by atoms with van der Waals surface area (Å²) in [4.78, 5) is 11.1. The standard InChI is InChI=1S/C11H12BrNO2/c1-2-15-11(14)7-10(13)8-3-5-9(12)6-4-8/h3-7H,2,13H2,1H3/b10-7-. The van der Waals surface area contributed by atoms with Gasteiger partial charge in [0.1, 0.15) is 0 Å². The van der Waals surface area contributed by atoms with Crippen LogP contribution in [-0.4, -0.2) is 12.6 Å². The van der Waals surface area contributed by atoms with Crippen LogP contribution in [0.3, 0.4) is 0 Å². The van der Waals surface area contributed by atoms with E-state index in [0.717, 1.165) is 10.0 Å². The second-order valence-corrected chi connectivity index (χ2v) is 3.77. The van der Waals surface area contributed by atoms with Gasteiger partial charge in [-0.05, 0) is 24.6 Å². The Bertz CT molecular complexity index is 371. The van der Waals surface area contributed by atoms with Crippen molar-refractivity contribution in [2.75, 3.05) is 6.61 Å². The molecule has 3 nitrogen and oxygen atoms in total. The minimum Gasteiger partial charge on any atom is -0.463 e. The lowest BCUT2D eigenvalue weighted by atomic mass is 10.1. The molecule has 0 radical (unpaired) electrons. The van der Waals surface area contributed by atoms with Crippen LogP contribution in [0.5, 0.6) is 0 Å². The first-order valence-corrected chi connectivity index (χ1v) is 5.32. The first-order chi connectivity index (χ1) is 7.13. The van der Waals surface area contributed by atoms with Gasteiger partial charge < -0.3 is 10.5 Å². The average molecular weight is 270 g/mol. The molecule has 0 saturated carbocycles. The third-order valence-corrected chi connectivity index (χ3v) is 2.27. The number of carbonyl (C=O) groups excluding carboxylic acids is 1. The monoisotopic (exact) mass is 269 g/mol. The van der Waals surface area contributed by atoms with E-state index < -0.39 is 5.97 Å². The van der Waals surface area contributed by atoms with Gasteiger partial charge in [0.15, 0.2) is 0 Å². The number of rotatable bonds is 3. The summed E-state index contributed by atoms with van der Waals surface area (Å²) >= 11 is 3.32. The summed E-state index contributed by atoms with van der Waals surface area (Å²) in [6, 6.07) is 7.38. The van der Waals surface area contributed by atoms with Crippen LogP contribution in [0, 0.1) is 0 Å². The normalized spacial score (nSPS) is 11.2. The van der Waals surface area contributed by atoms with Crippen LogP contribution >= 0.6 is 15.9 Å². The number of halogens is 1. The third kappa shape index (κ3) is 3.75. The van der Waals surface area contributed by atoms with Crippen molar-refractivity contribution in [2.24, 2.45) is 5.73 Å². The third-order valence-electron chi connectivity index (χ3n) is 1.74. The molecular formula is C11H12BrNO2. The number of carbonyl (C=O) groups is 1. The zero-order chi connectivity index (χ0) is 11.3. The molecule has 2 N–H and O–H groups in total. The van der Waals surface area contributed by atoms with E-state index in [4.69, 9.17) is 10.5 Å². The van der Waals surface area contributed by atoms with Gasteiger partial charge in [-0.25, -0.2) is 4.79 Å². The highest BCUT2D eigenvalue weighted by atomic mass is 79.9. The predicted molar refractivity (Wildman–Crippen MR) is 62.9 cm³/mol. The van der Waals surface area contributed by atoms with Crippen LogP contribution in [0.4, 0.5) is 0 Å². The molecular weight excluding hydrogens is 258 g/mol. The summed E-state index contributed by atoms with van der Waals surface area (Å²) in [6.07, 6.45) is 1.28. The van der Waals surface area contributed by atoms with Gasteiger partial charge in [0.2, 0.25) is 0 Å². The second kappa shape index (κ2) is 5.56. The van der Waals surface area contributed by atoms with Gasteiger partial charge >= 0.3 is 5.97 Å². The van der Waals surface area contributed by atoms with Gasteiger partial charge in [0.25, 0.3) is 0 Å². The van der Waals surface area contributed by atoms with Crippen LogP contribution in [0.2, 0.25) is 0 Å². The number of esters is 1. The Kier molecular flexibility index (Phi) is 4.37. The zero-order valence-electron chi connectivity index (χ0n) is 8.37. The van der Waals surface area contributed by atoms with Gasteiger partial charge in [-0.15, -0.1) is 0 Å². The molecule has 0 aromatic heterocycles. The molecule has 0 atom stereocenters. The van der Waals surface area contributed by atoms with Crippen LogP contribution < -0.4 is 5.73 Å². The first kappa shape index (κ1) is 11.8. The number of nitrogens with two attached hydrogens (primary N) is 1. The van der Waals surface area contributed by atoms with Crippen LogP contribution in [0.25, 0.3) is 5.70 Å². The minimum atomic E-state index is -0.419. The fourth-order valence-corrected chi connectivity index (χ4v) is 1.30. The average Bonchev–Trinajstić information content (AvgIpc) is 2.18. The number of hydrogen-bond acceptors (Lipinski definition) is 3. The summed E-state index contributed by atoms with van der Waals surface area (Å²) in [5.41, 5.74) is 6.92. The summed E-state index contributed by atoms with van der Waals surface area (Å²) in [7, 11) is 0. The van der Waals surface area contributed by atoms with E-state index in [1.54, 1.807) is 6.92 Å². The highest BCUT2D eigenvalue weighted by Crippen LogP contribution is 2.14. The van der Waals surface area contributed by atoms with E-state index in [9.17, 15) is 4.79 Å². The lowest BCUT2D eigenvalue weighted by Gasteiger charge is -2.02. The maximum atomic E-state index is 11.1. The second-order valence-electron chi connectivity index (χ2n) is 2.86. The minimum absolute atomic E-state index is 0.350. The lowest BCUT2D eigenvalue weighted by molar-refractivity contribution is -0.137. The molecule has 0 saturated heterocycles. The topological polar surface area (TPSA) is 52.3 Å². The van der Waals surface area contributed by atoms with Crippen molar-refractivity contribution in [2.45, 2.75) is 6.92 Å². The van der Waals surface area contributed by atoms with Crippen molar-refractivity contribution in [3.05, 3.63) is 40.4 Å². The molecule has 0 aliphatic rings. The summed E-state index contributed by atoms with van der Waals surface area (Å²) in [5.74, 6) is -0.419. The number of hydrogen-bond donors (Lipinski definition) is 1. The number of ether oxygens (including phenoxy) is 1. The molecule has 0 unspecified atom stereocenters. The van der Waals surface area contributed by atoms with Crippen molar-refractivity contribution >= 4 is 27.6 Å². The Morgan fingerprint density at radius 2 is 2.07 bits per heavy atom. The van der Waals surface area contributed by atoms with E-state index in [-0.39, 0.29) is 0 Å². The molecule has 1 rings (SSSR count). The van der Waals surface area contributed by atoms with Gasteiger partial charge in [-0.2, -0.15) is 0 Å². The Balaban J connectivity index is 2.79. The Hall–Kier alpha value is -1.29. The largest absolute Gasteiger partial charge is 0.463 e. The molecule has 80 valence electrons. The molecule has 4 heteroatoms. The van der Waals surface area contributed by atoms with E-state index >= 15 is 0 Å². The van der Waals surface area contributed by atoms with E-state index in [1.165, 1.54) is 6.08 Å². The molecule has 0 spiro atoms. The summed E-state index contributed by atoms with van der Waals surface area (Å²) in [6.45, 7) is 2.10. The smallest absolute Gasteiger partial charge is 0.332 e. The molecule has 0 heterocycles. The maximum Gasteiger partial charge on any atom is 0.332 e. The SMILES string of the molecule is CCOC(=O)/C=C(\N)c1ccc(Br)cc1. The molecule has 0 bridgehead atoms.